The van der Waals surface area contributed by atoms with Crippen molar-refractivity contribution in [1.82, 2.24) is 10.6 Å². The summed E-state index contributed by atoms with van der Waals surface area (Å²) in [5.74, 6) is 0.179. The summed E-state index contributed by atoms with van der Waals surface area (Å²) in [6.07, 6.45) is 1.84. The maximum Gasteiger partial charge on any atom is 0.223 e. The highest BCUT2D eigenvalue weighted by atomic mass is 35.5. The molecule has 4 nitrogen and oxygen atoms in total. The zero-order valence-electron chi connectivity index (χ0n) is 11.5. The molecule has 1 heterocycles. The van der Waals surface area contributed by atoms with E-state index in [1.165, 1.54) is 0 Å². The second kappa shape index (κ2) is 8.95. The number of piperidine rings is 1. The summed E-state index contributed by atoms with van der Waals surface area (Å²) in [5.41, 5.74) is 1.09. The molecular formula is C15H23ClN2O2. The topological polar surface area (TPSA) is 61.4 Å². The van der Waals surface area contributed by atoms with Crippen LogP contribution < -0.4 is 10.6 Å². The lowest BCUT2D eigenvalue weighted by molar-refractivity contribution is -0.126. The van der Waals surface area contributed by atoms with E-state index in [9.17, 15) is 9.90 Å². The Morgan fingerprint density at radius 3 is 2.60 bits per heavy atom. The van der Waals surface area contributed by atoms with Crippen LogP contribution in [-0.4, -0.2) is 36.8 Å². The van der Waals surface area contributed by atoms with Crippen molar-refractivity contribution in [2.24, 2.45) is 5.92 Å². The molecule has 1 fully saturated rings. The quantitative estimate of drug-likeness (QED) is 0.764. The number of hydrogen-bond donors (Lipinski definition) is 3. The van der Waals surface area contributed by atoms with Gasteiger partial charge in [0.2, 0.25) is 5.91 Å². The van der Waals surface area contributed by atoms with Crippen molar-refractivity contribution in [2.75, 3.05) is 19.6 Å². The first-order valence-corrected chi connectivity index (χ1v) is 6.96. The van der Waals surface area contributed by atoms with Crippen LogP contribution in [0.1, 0.15) is 18.4 Å². The lowest BCUT2D eigenvalue weighted by Crippen LogP contribution is -2.41. The molecule has 1 amide bonds. The number of aliphatic hydroxyl groups is 1. The van der Waals surface area contributed by atoms with Gasteiger partial charge in [-0.15, -0.1) is 12.4 Å². The maximum absolute atomic E-state index is 11.9. The third-order valence-electron chi connectivity index (χ3n) is 3.54. The smallest absolute Gasteiger partial charge is 0.223 e. The molecule has 1 aliphatic rings. The molecular weight excluding hydrogens is 276 g/mol. The Kier molecular flexibility index (Phi) is 7.59. The number of carbonyl (C=O) groups excluding carboxylic acids is 1. The molecule has 112 valence electrons. The molecule has 3 N–H and O–H groups in total. The molecule has 2 rings (SSSR count). The first-order valence-electron chi connectivity index (χ1n) is 6.96. The minimum Gasteiger partial charge on any atom is -0.391 e. The van der Waals surface area contributed by atoms with Gasteiger partial charge in [-0.2, -0.15) is 0 Å². The van der Waals surface area contributed by atoms with Crippen LogP contribution in [0.3, 0.4) is 0 Å². The zero-order chi connectivity index (χ0) is 13.5. The van der Waals surface area contributed by atoms with Crippen LogP contribution in [0.5, 0.6) is 0 Å². The van der Waals surface area contributed by atoms with Gasteiger partial charge in [0.15, 0.2) is 0 Å². The second-order valence-electron chi connectivity index (χ2n) is 5.11. The molecule has 1 unspecified atom stereocenters. The summed E-state index contributed by atoms with van der Waals surface area (Å²) in [6, 6.07) is 9.83. The molecule has 0 aliphatic carbocycles. The number of amides is 1. The largest absolute Gasteiger partial charge is 0.391 e. The van der Waals surface area contributed by atoms with E-state index in [1.54, 1.807) is 0 Å². The Labute approximate surface area is 126 Å². The van der Waals surface area contributed by atoms with Crippen molar-refractivity contribution >= 4 is 18.3 Å². The van der Waals surface area contributed by atoms with Gasteiger partial charge in [0.25, 0.3) is 0 Å². The number of halogens is 1. The standard InChI is InChI=1S/C15H22N2O2.ClH/c18-14(10-12-4-2-1-3-5-12)11-17-15(19)13-6-8-16-9-7-13;/h1-5,13-14,16,18H,6-11H2,(H,17,19);1H. The molecule has 0 spiro atoms. The van der Waals surface area contributed by atoms with Gasteiger partial charge in [-0.05, 0) is 31.5 Å². The lowest BCUT2D eigenvalue weighted by Gasteiger charge is -2.22. The monoisotopic (exact) mass is 298 g/mol. The molecule has 20 heavy (non-hydrogen) atoms. The zero-order valence-corrected chi connectivity index (χ0v) is 12.4. The fraction of sp³-hybridized carbons (Fsp3) is 0.533. The molecule has 0 aromatic heterocycles. The van der Waals surface area contributed by atoms with Gasteiger partial charge in [-0.25, -0.2) is 0 Å². The van der Waals surface area contributed by atoms with Crippen LogP contribution in [0, 0.1) is 5.92 Å². The van der Waals surface area contributed by atoms with E-state index >= 15 is 0 Å². The highest BCUT2D eigenvalue weighted by Gasteiger charge is 2.21. The number of hydrogen-bond acceptors (Lipinski definition) is 3. The second-order valence-corrected chi connectivity index (χ2v) is 5.11. The number of benzene rings is 1. The van der Waals surface area contributed by atoms with Crippen LogP contribution in [0.4, 0.5) is 0 Å². The van der Waals surface area contributed by atoms with Crippen molar-refractivity contribution in [3.05, 3.63) is 35.9 Å². The molecule has 5 heteroatoms. The van der Waals surface area contributed by atoms with Crippen molar-refractivity contribution in [3.8, 4) is 0 Å². The third kappa shape index (κ3) is 5.49. The van der Waals surface area contributed by atoms with Crippen molar-refractivity contribution in [3.63, 3.8) is 0 Å². The summed E-state index contributed by atoms with van der Waals surface area (Å²) < 4.78 is 0. The van der Waals surface area contributed by atoms with E-state index < -0.39 is 6.10 Å². The van der Waals surface area contributed by atoms with Gasteiger partial charge >= 0.3 is 0 Å². The molecule has 1 saturated heterocycles. The summed E-state index contributed by atoms with van der Waals surface area (Å²) >= 11 is 0. The Hall–Kier alpha value is -1.10. The molecule has 1 aliphatic heterocycles. The van der Waals surface area contributed by atoms with Crippen LogP contribution in [0.2, 0.25) is 0 Å². The summed E-state index contributed by atoms with van der Waals surface area (Å²) in [5, 5.41) is 16.0. The minimum absolute atomic E-state index is 0. The van der Waals surface area contributed by atoms with Gasteiger partial charge in [-0.3, -0.25) is 4.79 Å². The molecule has 1 aromatic carbocycles. The van der Waals surface area contributed by atoms with Gasteiger partial charge in [0.1, 0.15) is 0 Å². The van der Waals surface area contributed by atoms with Crippen LogP contribution >= 0.6 is 12.4 Å². The lowest BCUT2D eigenvalue weighted by atomic mass is 9.97. The first kappa shape index (κ1) is 17.0. The first-order chi connectivity index (χ1) is 9.25. The van der Waals surface area contributed by atoms with Gasteiger partial charge in [0.05, 0.1) is 6.10 Å². The number of nitrogens with one attached hydrogen (secondary N) is 2. The van der Waals surface area contributed by atoms with Crippen molar-refractivity contribution in [2.45, 2.75) is 25.4 Å². The van der Waals surface area contributed by atoms with E-state index in [1.807, 2.05) is 30.3 Å². The summed E-state index contributed by atoms with van der Waals surface area (Å²) in [4.78, 5) is 11.9. The Bertz CT molecular complexity index is 394. The van der Waals surface area contributed by atoms with E-state index in [2.05, 4.69) is 10.6 Å². The Morgan fingerprint density at radius 1 is 1.30 bits per heavy atom. The fourth-order valence-electron chi connectivity index (χ4n) is 2.41. The predicted octanol–water partition coefficient (Wildman–Crippen LogP) is 1.13. The van der Waals surface area contributed by atoms with E-state index in [0.29, 0.717) is 13.0 Å². The minimum atomic E-state index is -0.520. The predicted molar refractivity (Wildman–Crippen MR) is 82.0 cm³/mol. The normalized spacial score (nSPS) is 17.1. The van der Waals surface area contributed by atoms with Gasteiger partial charge in [0, 0.05) is 18.9 Å². The third-order valence-corrected chi connectivity index (χ3v) is 3.54. The number of rotatable bonds is 5. The molecule has 0 radical (unpaired) electrons. The average Bonchev–Trinajstić information content (AvgIpc) is 2.47. The van der Waals surface area contributed by atoms with Crippen molar-refractivity contribution < 1.29 is 9.90 Å². The number of aliphatic hydroxyl groups excluding tert-OH is 1. The van der Waals surface area contributed by atoms with Gasteiger partial charge in [-0.1, -0.05) is 30.3 Å². The van der Waals surface area contributed by atoms with Crippen LogP contribution in [0.25, 0.3) is 0 Å². The molecule has 1 aromatic rings. The summed E-state index contributed by atoms with van der Waals surface area (Å²) in [6.45, 7) is 2.15. The molecule has 0 saturated carbocycles. The van der Waals surface area contributed by atoms with Gasteiger partial charge < -0.3 is 15.7 Å². The molecule has 1 atom stereocenters. The summed E-state index contributed by atoms with van der Waals surface area (Å²) in [7, 11) is 0. The highest BCUT2D eigenvalue weighted by molar-refractivity contribution is 5.85. The SMILES string of the molecule is Cl.O=C(NCC(O)Cc1ccccc1)C1CCNCC1. The number of carbonyl (C=O) groups is 1. The maximum atomic E-state index is 11.9. The van der Waals surface area contributed by atoms with Crippen LogP contribution in [-0.2, 0) is 11.2 Å². The molecule has 0 bridgehead atoms. The average molecular weight is 299 g/mol. The van der Waals surface area contributed by atoms with E-state index in [4.69, 9.17) is 0 Å². The highest BCUT2D eigenvalue weighted by Crippen LogP contribution is 2.11. The Balaban J connectivity index is 0.00000200. The van der Waals surface area contributed by atoms with E-state index in [-0.39, 0.29) is 24.2 Å². The van der Waals surface area contributed by atoms with E-state index in [0.717, 1.165) is 31.5 Å². The fourth-order valence-corrected chi connectivity index (χ4v) is 2.41. The van der Waals surface area contributed by atoms with Crippen LogP contribution in [0.15, 0.2) is 30.3 Å². The Morgan fingerprint density at radius 2 is 1.95 bits per heavy atom. The van der Waals surface area contributed by atoms with Crippen molar-refractivity contribution in [1.29, 1.82) is 0 Å².